The summed E-state index contributed by atoms with van der Waals surface area (Å²) in [6.07, 6.45) is 6.54. The van der Waals surface area contributed by atoms with E-state index >= 15 is 0 Å². The number of aliphatic imine (C=N–C) groups is 1. The lowest BCUT2D eigenvalue weighted by Gasteiger charge is -2.16. The Bertz CT molecular complexity index is 652. The van der Waals surface area contributed by atoms with Crippen molar-refractivity contribution in [2.75, 3.05) is 7.05 Å². The van der Waals surface area contributed by atoms with Crippen molar-refractivity contribution in [3.05, 3.63) is 53.6 Å². The van der Waals surface area contributed by atoms with E-state index in [1.807, 2.05) is 18.2 Å². The first kappa shape index (κ1) is 14.8. The van der Waals surface area contributed by atoms with Crippen LogP contribution in [0.4, 0.5) is 0 Å². The average molecular weight is 312 g/mol. The first-order valence-electron chi connectivity index (χ1n) is 7.47. The molecule has 0 saturated carbocycles. The third kappa shape index (κ3) is 3.74. The van der Waals surface area contributed by atoms with Gasteiger partial charge in [-0.3, -0.25) is 4.99 Å². The van der Waals surface area contributed by atoms with Crippen LogP contribution in [-0.2, 0) is 6.54 Å². The van der Waals surface area contributed by atoms with Crippen LogP contribution in [0.15, 0.2) is 52.9 Å². The maximum absolute atomic E-state index is 4.68. The molecule has 0 atom stereocenters. The summed E-state index contributed by atoms with van der Waals surface area (Å²) >= 11 is 1.67. The van der Waals surface area contributed by atoms with Crippen LogP contribution >= 0.6 is 11.3 Å². The van der Waals surface area contributed by atoms with Gasteiger partial charge in [0.25, 0.3) is 0 Å². The second-order valence-electron chi connectivity index (χ2n) is 5.22. The van der Waals surface area contributed by atoms with Crippen LogP contribution in [0.1, 0.15) is 18.5 Å². The van der Waals surface area contributed by atoms with Crippen molar-refractivity contribution in [2.45, 2.75) is 25.4 Å². The van der Waals surface area contributed by atoms with E-state index in [-0.39, 0.29) is 0 Å². The SMILES string of the molecule is CN=C(NCc1csc(-c2ccccc2)n1)NC1CC=CC1. The van der Waals surface area contributed by atoms with Crippen molar-refractivity contribution in [1.29, 1.82) is 0 Å². The van der Waals surface area contributed by atoms with Gasteiger partial charge in [0.1, 0.15) is 5.01 Å². The van der Waals surface area contributed by atoms with E-state index in [0.29, 0.717) is 12.6 Å². The van der Waals surface area contributed by atoms with Crippen molar-refractivity contribution in [3.8, 4) is 10.6 Å². The molecule has 0 unspecified atom stereocenters. The standard InChI is InChI=1S/C17H20N4S/c1-18-17(21-14-9-5-6-10-14)19-11-15-12-22-16(20-15)13-7-3-2-4-8-13/h2-8,12,14H,9-11H2,1H3,(H2,18,19,21). The van der Waals surface area contributed by atoms with Crippen LogP contribution in [-0.4, -0.2) is 24.0 Å². The molecule has 0 aliphatic heterocycles. The molecule has 0 spiro atoms. The number of guanidine groups is 1. The fourth-order valence-electron chi connectivity index (χ4n) is 2.40. The van der Waals surface area contributed by atoms with Gasteiger partial charge in [-0.25, -0.2) is 4.98 Å². The summed E-state index contributed by atoms with van der Waals surface area (Å²) in [6.45, 7) is 0.684. The third-order valence-electron chi connectivity index (χ3n) is 3.58. The van der Waals surface area contributed by atoms with Crippen molar-refractivity contribution in [1.82, 2.24) is 15.6 Å². The molecule has 2 aromatic rings. The molecule has 1 aromatic carbocycles. The summed E-state index contributed by atoms with van der Waals surface area (Å²) in [5.74, 6) is 0.836. The second kappa shape index (κ2) is 7.22. The molecule has 1 aliphatic rings. The molecule has 0 fully saturated rings. The third-order valence-corrected chi connectivity index (χ3v) is 4.52. The average Bonchev–Trinajstić information content (AvgIpc) is 3.24. The number of nitrogens with one attached hydrogen (secondary N) is 2. The summed E-state index contributed by atoms with van der Waals surface area (Å²) in [5.41, 5.74) is 2.20. The van der Waals surface area contributed by atoms with Crippen LogP contribution in [0.5, 0.6) is 0 Å². The van der Waals surface area contributed by atoms with Gasteiger partial charge in [-0.15, -0.1) is 11.3 Å². The summed E-state index contributed by atoms with van der Waals surface area (Å²) in [7, 11) is 1.80. The summed E-state index contributed by atoms with van der Waals surface area (Å²) < 4.78 is 0. The summed E-state index contributed by atoms with van der Waals surface area (Å²) in [5, 5.41) is 9.91. The Morgan fingerprint density at radius 1 is 1.27 bits per heavy atom. The van der Waals surface area contributed by atoms with E-state index in [4.69, 9.17) is 0 Å². The lowest BCUT2D eigenvalue weighted by Crippen LogP contribution is -2.42. The maximum atomic E-state index is 4.68. The van der Waals surface area contributed by atoms with E-state index in [1.165, 1.54) is 5.56 Å². The van der Waals surface area contributed by atoms with Crippen LogP contribution < -0.4 is 10.6 Å². The molecule has 0 amide bonds. The molecule has 1 aromatic heterocycles. The monoisotopic (exact) mass is 312 g/mol. The molecule has 1 heterocycles. The highest BCUT2D eigenvalue weighted by Gasteiger charge is 2.12. The van der Waals surface area contributed by atoms with Crippen molar-refractivity contribution >= 4 is 17.3 Å². The minimum absolute atomic E-state index is 0.460. The van der Waals surface area contributed by atoms with E-state index in [2.05, 4.69) is 50.3 Å². The van der Waals surface area contributed by atoms with Gasteiger partial charge in [-0.05, 0) is 12.8 Å². The van der Waals surface area contributed by atoms with Crippen LogP contribution in [0.2, 0.25) is 0 Å². The number of thiazole rings is 1. The highest BCUT2D eigenvalue weighted by Crippen LogP contribution is 2.23. The summed E-state index contributed by atoms with van der Waals surface area (Å²) in [6, 6.07) is 10.7. The molecule has 5 heteroatoms. The Balaban J connectivity index is 1.56. The Kier molecular flexibility index (Phi) is 4.85. The zero-order chi connectivity index (χ0) is 15.2. The smallest absolute Gasteiger partial charge is 0.191 e. The zero-order valence-corrected chi connectivity index (χ0v) is 13.4. The highest BCUT2D eigenvalue weighted by molar-refractivity contribution is 7.13. The van der Waals surface area contributed by atoms with Gasteiger partial charge in [-0.1, -0.05) is 42.5 Å². The van der Waals surface area contributed by atoms with Gasteiger partial charge >= 0.3 is 0 Å². The highest BCUT2D eigenvalue weighted by atomic mass is 32.1. The predicted octanol–water partition coefficient (Wildman–Crippen LogP) is 3.19. The molecule has 0 radical (unpaired) electrons. The molecule has 1 aliphatic carbocycles. The van der Waals surface area contributed by atoms with E-state index in [9.17, 15) is 0 Å². The van der Waals surface area contributed by atoms with Crippen LogP contribution in [0.25, 0.3) is 10.6 Å². The van der Waals surface area contributed by atoms with Crippen LogP contribution in [0.3, 0.4) is 0 Å². The van der Waals surface area contributed by atoms with Crippen molar-refractivity contribution in [2.24, 2.45) is 4.99 Å². The lowest BCUT2D eigenvalue weighted by atomic mass is 10.2. The number of rotatable bonds is 4. The fourth-order valence-corrected chi connectivity index (χ4v) is 3.22. The van der Waals surface area contributed by atoms with Gasteiger partial charge in [0.05, 0.1) is 12.2 Å². The van der Waals surface area contributed by atoms with Gasteiger partial charge in [-0.2, -0.15) is 0 Å². The van der Waals surface area contributed by atoms with Gasteiger partial charge in [0, 0.05) is 24.0 Å². The molecule has 2 N–H and O–H groups in total. The van der Waals surface area contributed by atoms with E-state index < -0.39 is 0 Å². The molecular weight excluding hydrogens is 292 g/mol. The number of hydrogen-bond donors (Lipinski definition) is 2. The normalized spacial score (nSPS) is 15.2. The number of nitrogens with zero attached hydrogens (tertiary/aromatic N) is 2. The summed E-state index contributed by atoms with van der Waals surface area (Å²) in [4.78, 5) is 8.95. The number of hydrogen-bond acceptors (Lipinski definition) is 3. The predicted molar refractivity (Wildman–Crippen MR) is 93.0 cm³/mol. The maximum Gasteiger partial charge on any atom is 0.191 e. The molecule has 4 nitrogen and oxygen atoms in total. The topological polar surface area (TPSA) is 49.3 Å². The van der Waals surface area contributed by atoms with Gasteiger partial charge < -0.3 is 10.6 Å². The quantitative estimate of drug-likeness (QED) is 0.518. The molecule has 3 rings (SSSR count). The number of benzene rings is 1. The minimum atomic E-state index is 0.460. The molecular formula is C17H20N4S. The Morgan fingerprint density at radius 3 is 2.77 bits per heavy atom. The fraction of sp³-hybridized carbons (Fsp3) is 0.294. The number of aromatic nitrogens is 1. The molecule has 22 heavy (non-hydrogen) atoms. The van der Waals surface area contributed by atoms with Crippen LogP contribution in [0, 0.1) is 0 Å². The Hall–Kier alpha value is -2.14. The van der Waals surface area contributed by atoms with Crippen molar-refractivity contribution in [3.63, 3.8) is 0 Å². The minimum Gasteiger partial charge on any atom is -0.353 e. The molecule has 0 bridgehead atoms. The second-order valence-corrected chi connectivity index (χ2v) is 6.08. The van der Waals surface area contributed by atoms with Gasteiger partial charge in [0.15, 0.2) is 5.96 Å². The Morgan fingerprint density at radius 2 is 2.05 bits per heavy atom. The zero-order valence-electron chi connectivity index (χ0n) is 12.6. The van der Waals surface area contributed by atoms with Crippen molar-refractivity contribution < 1.29 is 0 Å². The largest absolute Gasteiger partial charge is 0.353 e. The molecule has 114 valence electrons. The van der Waals surface area contributed by atoms with Gasteiger partial charge in [0.2, 0.25) is 0 Å². The first-order chi connectivity index (χ1) is 10.8. The lowest BCUT2D eigenvalue weighted by molar-refractivity contribution is 0.632. The first-order valence-corrected chi connectivity index (χ1v) is 8.35. The molecule has 0 saturated heterocycles. The van der Waals surface area contributed by atoms with E-state index in [0.717, 1.165) is 29.5 Å². The van der Waals surface area contributed by atoms with E-state index in [1.54, 1.807) is 18.4 Å². The Labute approximate surface area is 135 Å².